The van der Waals surface area contributed by atoms with Crippen molar-refractivity contribution < 1.29 is 9.13 Å². The highest BCUT2D eigenvalue weighted by atomic mass is 32.2. The third-order valence-corrected chi connectivity index (χ3v) is 5.36. The molecule has 0 saturated carbocycles. The summed E-state index contributed by atoms with van der Waals surface area (Å²) in [7, 11) is 0. The van der Waals surface area contributed by atoms with Crippen molar-refractivity contribution >= 4 is 28.1 Å². The summed E-state index contributed by atoms with van der Waals surface area (Å²) in [5, 5.41) is 10.3. The molecule has 0 aliphatic rings. The smallest absolute Gasteiger partial charge is 0.258 e. The van der Waals surface area contributed by atoms with E-state index in [0.29, 0.717) is 33.1 Å². The number of fused-ring (bicyclic) bond motifs is 1. The van der Waals surface area contributed by atoms with Crippen molar-refractivity contribution in [3.05, 3.63) is 69.6 Å². The fourth-order valence-electron chi connectivity index (χ4n) is 2.28. The van der Waals surface area contributed by atoms with Crippen LogP contribution in [0.5, 0.6) is 5.75 Å². The number of aromatic nitrogens is 5. The fraction of sp³-hybridized carbons (Fsp3) is 0.125. The van der Waals surface area contributed by atoms with E-state index in [1.165, 1.54) is 62.5 Å². The third kappa shape index (κ3) is 3.78. The lowest BCUT2D eigenvalue weighted by atomic mass is 10.3. The van der Waals surface area contributed by atoms with Gasteiger partial charge in [0.25, 0.3) is 5.56 Å². The van der Waals surface area contributed by atoms with Crippen molar-refractivity contribution in [1.29, 1.82) is 0 Å². The van der Waals surface area contributed by atoms with E-state index in [-0.39, 0.29) is 18.0 Å². The van der Waals surface area contributed by atoms with Gasteiger partial charge in [-0.1, -0.05) is 11.8 Å². The number of thioether (sulfide) groups is 1. The molecule has 2 N–H and O–H groups in total. The van der Waals surface area contributed by atoms with Gasteiger partial charge in [-0.25, -0.2) is 14.1 Å². The van der Waals surface area contributed by atoms with Gasteiger partial charge in [-0.3, -0.25) is 9.20 Å². The molecule has 0 unspecified atom stereocenters. The topological polar surface area (TPSA) is 100 Å². The van der Waals surface area contributed by atoms with Crippen LogP contribution < -0.4 is 16.1 Å². The zero-order valence-corrected chi connectivity index (χ0v) is 15.4. The van der Waals surface area contributed by atoms with Gasteiger partial charge < -0.3 is 10.6 Å². The maximum atomic E-state index is 12.9. The molecule has 11 heteroatoms. The largest absolute Gasteiger partial charge is 0.486 e. The van der Waals surface area contributed by atoms with E-state index in [1.54, 1.807) is 6.20 Å². The Labute approximate surface area is 160 Å². The van der Waals surface area contributed by atoms with Gasteiger partial charge in [-0.15, -0.1) is 21.5 Å². The molecule has 0 amide bonds. The van der Waals surface area contributed by atoms with Crippen molar-refractivity contribution in [2.24, 2.45) is 0 Å². The molecular formula is C16H13FN6O2S2. The van der Waals surface area contributed by atoms with Gasteiger partial charge in [0.2, 0.25) is 5.16 Å². The van der Waals surface area contributed by atoms with E-state index in [0.717, 1.165) is 0 Å². The van der Waals surface area contributed by atoms with Crippen LogP contribution in [0.2, 0.25) is 0 Å². The normalized spacial score (nSPS) is 11.1. The van der Waals surface area contributed by atoms with E-state index in [2.05, 4.69) is 15.2 Å². The van der Waals surface area contributed by atoms with Crippen LogP contribution in [0.15, 0.2) is 51.9 Å². The zero-order chi connectivity index (χ0) is 18.8. The summed E-state index contributed by atoms with van der Waals surface area (Å²) in [5.74, 6) is 7.02. The molecule has 3 aromatic heterocycles. The predicted molar refractivity (Wildman–Crippen MR) is 99.8 cm³/mol. The highest BCUT2D eigenvalue weighted by Gasteiger charge is 2.12. The Kier molecular flexibility index (Phi) is 4.77. The van der Waals surface area contributed by atoms with Crippen LogP contribution in [0.4, 0.5) is 4.39 Å². The molecule has 0 atom stereocenters. The van der Waals surface area contributed by atoms with Gasteiger partial charge in [-0.05, 0) is 24.3 Å². The summed E-state index contributed by atoms with van der Waals surface area (Å²) >= 11 is 2.71. The average Bonchev–Trinajstić information content (AvgIpc) is 3.27. The molecule has 27 heavy (non-hydrogen) atoms. The van der Waals surface area contributed by atoms with E-state index in [4.69, 9.17) is 10.6 Å². The van der Waals surface area contributed by atoms with Crippen LogP contribution in [0.1, 0.15) is 11.5 Å². The number of hydrogen-bond acceptors (Lipinski definition) is 8. The molecule has 0 aliphatic heterocycles. The summed E-state index contributed by atoms with van der Waals surface area (Å²) in [6, 6.07) is 7.15. The van der Waals surface area contributed by atoms with E-state index < -0.39 is 0 Å². The summed E-state index contributed by atoms with van der Waals surface area (Å²) in [6.07, 6.45) is 1.69. The number of nitrogens with zero attached hydrogens (tertiary/aromatic N) is 5. The summed E-state index contributed by atoms with van der Waals surface area (Å²) in [4.78, 5) is 17.1. The SMILES string of the molecule is Nn1c(COc2ccc(F)cc2)nnc1SCc1cc(=O)n2ccsc2n1. The molecule has 4 aromatic rings. The van der Waals surface area contributed by atoms with Crippen LogP contribution in [0, 0.1) is 5.82 Å². The lowest BCUT2D eigenvalue weighted by Gasteiger charge is -2.06. The Morgan fingerprint density at radius 3 is 2.89 bits per heavy atom. The fourth-order valence-corrected chi connectivity index (χ4v) is 3.79. The second-order valence-electron chi connectivity index (χ2n) is 5.44. The third-order valence-electron chi connectivity index (χ3n) is 3.62. The van der Waals surface area contributed by atoms with Crippen molar-refractivity contribution in [1.82, 2.24) is 24.3 Å². The lowest BCUT2D eigenvalue weighted by molar-refractivity contribution is 0.291. The number of benzene rings is 1. The zero-order valence-electron chi connectivity index (χ0n) is 13.8. The van der Waals surface area contributed by atoms with Crippen molar-refractivity contribution in [2.75, 3.05) is 5.84 Å². The second-order valence-corrected chi connectivity index (χ2v) is 7.26. The predicted octanol–water partition coefficient (Wildman–Crippen LogP) is 2.07. The molecule has 3 heterocycles. The van der Waals surface area contributed by atoms with Crippen molar-refractivity contribution in [2.45, 2.75) is 17.5 Å². The molecule has 0 aliphatic carbocycles. The minimum Gasteiger partial charge on any atom is -0.486 e. The molecule has 0 spiro atoms. The number of ether oxygens (including phenoxy) is 1. The number of thiazole rings is 1. The average molecular weight is 404 g/mol. The molecule has 138 valence electrons. The number of hydrogen-bond donors (Lipinski definition) is 1. The monoisotopic (exact) mass is 404 g/mol. The summed E-state index contributed by atoms with van der Waals surface area (Å²) < 4.78 is 21.2. The number of nitrogens with two attached hydrogens (primary N) is 1. The van der Waals surface area contributed by atoms with Gasteiger partial charge >= 0.3 is 0 Å². The van der Waals surface area contributed by atoms with Crippen molar-refractivity contribution in [3.63, 3.8) is 0 Å². The first kappa shape index (κ1) is 17.5. The van der Waals surface area contributed by atoms with Crippen LogP contribution in [-0.4, -0.2) is 24.3 Å². The summed E-state index contributed by atoms with van der Waals surface area (Å²) in [5.41, 5.74) is 0.513. The maximum Gasteiger partial charge on any atom is 0.258 e. The molecule has 0 radical (unpaired) electrons. The molecule has 0 fully saturated rings. The molecule has 8 nitrogen and oxygen atoms in total. The first-order valence-corrected chi connectivity index (χ1v) is 9.63. The van der Waals surface area contributed by atoms with E-state index in [1.807, 2.05) is 5.38 Å². The molecule has 0 bridgehead atoms. The first-order valence-electron chi connectivity index (χ1n) is 7.76. The number of halogens is 1. The number of nitrogen functional groups attached to an aromatic ring is 1. The Bertz CT molecular complexity index is 1140. The van der Waals surface area contributed by atoms with Gasteiger partial charge in [-0.2, -0.15) is 0 Å². The highest BCUT2D eigenvalue weighted by Crippen LogP contribution is 2.20. The summed E-state index contributed by atoms with van der Waals surface area (Å²) in [6.45, 7) is 0.0937. The van der Waals surface area contributed by atoms with Gasteiger partial charge in [0, 0.05) is 23.4 Å². The van der Waals surface area contributed by atoms with Crippen LogP contribution in [0.25, 0.3) is 4.96 Å². The van der Waals surface area contributed by atoms with E-state index in [9.17, 15) is 9.18 Å². The van der Waals surface area contributed by atoms with Crippen LogP contribution in [0.3, 0.4) is 0 Å². The molecule has 4 rings (SSSR count). The van der Waals surface area contributed by atoms with Gasteiger partial charge in [0.15, 0.2) is 10.8 Å². The van der Waals surface area contributed by atoms with Gasteiger partial charge in [0.05, 0.1) is 5.69 Å². The Hall–Kier alpha value is -2.92. The number of rotatable bonds is 6. The van der Waals surface area contributed by atoms with E-state index >= 15 is 0 Å². The molecule has 0 saturated heterocycles. The maximum absolute atomic E-state index is 12.9. The minimum atomic E-state index is -0.336. The molecular weight excluding hydrogens is 391 g/mol. The minimum absolute atomic E-state index is 0.0937. The van der Waals surface area contributed by atoms with Crippen molar-refractivity contribution in [3.8, 4) is 5.75 Å². The first-order chi connectivity index (χ1) is 13.1. The Balaban J connectivity index is 1.42. The molecule has 1 aromatic carbocycles. The van der Waals surface area contributed by atoms with Crippen LogP contribution in [-0.2, 0) is 12.4 Å². The standard InChI is InChI=1S/C16H13FN6O2S2/c17-10-1-3-12(4-2-10)25-8-13-20-21-16(23(13)18)27-9-11-7-14(24)22-5-6-26-15(22)19-11/h1-7H,8-9,18H2. The Morgan fingerprint density at radius 2 is 2.07 bits per heavy atom. The quantitative estimate of drug-likeness (QED) is 0.388. The second kappa shape index (κ2) is 7.37. The Morgan fingerprint density at radius 1 is 1.26 bits per heavy atom. The van der Waals surface area contributed by atoms with Crippen LogP contribution >= 0.6 is 23.1 Å². The highest BCUT2D eigenvalue weighted by molar-refractivity contribution is 7.98. The van der Waals surface area contributed by atoms with Gasteiger partial charge in [0.1, 0.15) is 18.2 Å². The lowest BCUT2D eigenvalue weighted by Crippen LogP contribution is -2.16.